The Bertz CT molecular complexity index is 1320. The minimum Gasteiger partial charge on any atom is -0.483 e. The maximum Gasteiger partial charge on any atom is 0.329 e. The number of benzene rings is 3. The zero-order chi connectivity index (χ0) is 27.7. The number of carbonyl (C=O) groups excluding carboxylic acids is 3. The summed E-state index contributed by atoms with van der Waals surface area (Å²) in [6.45, 7) is 8.06. The van der Waals surface area contributed by atoms with Crippen molar-refractivity contribution in [1.82, 2.24) is 10.7 Å². The largest absolute Gasteiger partial charge is 0.483 e. The molecule has 0 spiro atoms. The first kappa shape index (κ1) is 28.6. The van der Waals surface area contributed by atoms with Crippen LogP contribution in [0.15, 0.2) is 70.2 Å². The van der Waals surface area contributed by atoms with Crippen molar-refractivity contribution in [2.45, 2.75) is 40.2 Å². The number of nitrogens with zero attached hydrogens (tertiary/aromatic N) is 1. The number of rotatable bonds is 9. The Morgan fingerprint density at radius 1 is 0.974 bits per heavy atom. The fourth-order valence-corrected chi connectivity index (χ4v) is 3.96. The molecule has 0 aliphatic heterocycles. The summed E-state index contributed by atoms with van der Waals surface area (Å²) in [5.74, 6) is -1.21. The molecule has 0 saturated heterocycles. The van der Waals surface area contributed by atoms with Crippen LogP contribution in [0.4, 0.5) is 5.69 Å². The highest BCUT2D eigenvalue weighted by atomic mass is 79.9. The second-order valence-corrected chi connectivity index (χ2v) is 9.98. The molecule has 3 aromatic rings. The van der Waals surface area contributed by atoms with Crippen LogP contribution in [0.5, 0.6) is 5.75 Å². The standard InChI is InChI=1S/C29H31BrN4O4/c1-18(2)22-10-8-21(9-11-22)15-31-28(36)29(37)34-32-16-23-14-24(30)12-13-25(23)38-17-26(35)33-27-19(3)6-5-7-20(27)4/h5-14,16,18H,15,17H2,1-4H3,(H,31,36)(H,33,35)(H,34,37)/b32-16-. The van der Waals surface area contributed by atoms with E-state index in [1.807, 2.05) is 56.3 Å². The first-order valence-corrected chi connectivity index (χ1v) is 12.9. The van der Waals surface area contributed by atoms with Gasteiger partial charge in [0.05, 0.1) is 6.21 Å². The molecule has 0 aromatic heterocycles. The van der Waals surface area contributed by atoms with E-state index in [-0.39, 0.29) is 19.1 Å². The lowest BCUT2D eigenvalue weighted by atomic mass is 10.0. The number of hydrazone groups is 1. The number of halogens is 1. The Balaban J connectivity index is 1.54. The van der Waals surface area contributed by atoms with Gasteiger partial charge in [0.2, 0.25) is 0 Å². The van der Waals surface area contributed by atoms with E-state index in [2.05, 4.69) is 50.9 Å². The summed E-state index contributed by atoms with van der Waals surface area (Å²) in [5.41, 5.74) is 7.48. The average molecular weight is 579 g/mol. The van der Waals surface area contributed by atoms with Crippen molar-refractivity contribution in [1.29, 1.82) is 0 Å². The first-order chi connectivity index (χ1) is 18.1. The van der Waals surface area contributed by atoms with Gasteiger partial charge >= 0.3 is 11.8 Å². The van der Waals surface area contributed by atoms with Crippen LogP contribution in [0.2, 0.25) is 0 Å². The zero-order valence-electron chi connectivity index (χ0n) is 21.8. The summed E-state index contributed by atoms with van der Waals surface area (Å²) in [7, 11) is 0. The highest BCUT2D eigenvalue weighted by Crippen LogP contribution is 2.23. The fourth-order valence-electron chi connectivity index (χ4n) is 3.58. The van der Waals surface area contributed by atoms with Crippen LogP contribution in [0.3, 0.4) is 0 Å². The van der Waals surface area contributed by atoms with Gasteiger partial charge in [0, 0.05) is 22.3 Å². The SMILES string of the molecule is Cc1cccc(C)c1NC(=O)COc1ccc(Br)cc1/C=N\NC(=O)C(=O)NCc1ccc(C(C)C)cc1. The van der Waals surface area contributed by atoms with Gasteiger partial charge < -0.3 is 15.4 Å². The van der Waals surface area contributed by atoms with Gasteiger partial charge in [-0.05, 0) is 60.2 Å². The van der Waals surface area contributed by atoms with Crippen molar-refractivity contribution in [2.24, 2.45) is 5.10 Å². The Labute approximate surface area is 231 Å². The van der Waals surface area contributed by atoms with Gasteiger partial charge in [0.25, 0.3) is 5.91 Å². The van der Waals surface area contributed by atoms with Gasteiger partial charge in [0.15, 0.2) is 6.61 Å². The van der Waals surface area contributed by atoms with Crippen LogP contribution in [0.25, 0.3) is 0 Å². The Morgan fingerprint density at radius 2 is 1.66 bits per heavy atom. The maximum absolute atomic E-state index is 12.5. The van der Waals surface area contributed by atoms with Crippen LogP contribution in [-0.4, -0.2) is 30.5 Å². The van der Waals surface area contributed by atoms with Crippen molar-refractivity contribution < 1.29 is 19.1 Å². The van der Waals surface area contributed by atoms with E-state index in [0.717, 1.165) is 26.9 Å². The van der Waals surface area contributed by atoms with Crippen molar-refractivity contribution >= 4 is 45.6 Å². The van der Waals surface area contributed by atoms with Crippen LogP contribution < -0.4 is 20.8 Å². The number of anilines is 1. The zero-order valence-corrected chi connectivity index (χ0v) is 23.4. The average Bonchev–Trinajstić information content (AvgIpc) is 2.89. The molecule has 0 unspecified atom stereocenters. The summed E-state index contributed by atoms with van der Waals surface area (Å²) in [4.78, 5) is 36.8. The number of hydrogen-bond acceptors (Lipinski definition) is 5. The molecule has 9 heteroatoms. The first-order valence-electron chi connectivity index (χ1n) is 12.1. The molecular weight excluding hydrogens is 548 g/mol. The van der Waals surface area contributed by atoms with Crippen LogP contribution in [0, 0.1) is 13.8 Å². The maximum atomic E-state index is 12.5. The van der Waals surface area contributed by atoms with Crippen molar-refractivity contribution in [3.8, 4) is 5.75 Å². The molecule has 0 saturated carbocycles. The second kappa shape index (κ2) is 13.5. The summed E-state index contributed by atoms with van der Waals surface area (Å²) in [6.07, 6.45) is 1.35. The lowest BCUT2D eigenvalue weighted by Gasteiger charge is -2.13. The van der Waals surface area contributed by atoms with Crippen LogP contribution in [0.1, 0.15) is 47.6 Å². The van der Waals surface area contributed by atoms with Gasteiger partial charge in [-0.1, -0.05) is 72.2 Å². The van der Waals surface area contributed by atoms with E-state index < -0.39 is 11.8 Å². The summed E-state index contributed by atoms with van der Waals surface area (Å²) in [6, 6.07) is 18.8. The summed E-state index contributed by atoms with van der Waals surface area (Å²) < 4.78 is 6.45. The Morgan fingerprint density at radius 3 is 2.32 bits per heavy atom. The Kier molecular flexibility index (Phi) is 10.2. The highest BCUT2D eigenvalue weighted by molar-refractivity contribution is 9.10. The molecule has 0 fully saturated rings. The lowest BCUT2D eigenvalue weighted by Crippen LogP contribution is -2.37. The minimum atomic E-state index is -0.898. The van der Waals surface area contributed by atoms with E-state index in [9.17, 15) is 14.4 Å². The molecule has 3 rings (SSSR count). The molecule has 3 aromatic carbocycles. The molecule has 0 aliphatic carbocycles. The molecule has 3 amide bonds. The number of nitrogens with one attached hydrogen (secondary N) is 3. The van der Waals surface area contributed by atoms with E-state index >= 15 is 0 Å². The molecule has 0 radical (unpaired) electrons. The molecule has 0 bridgehead atoms. The van der Waals surface area contributed by atoms with Crippen molar-refractivity contribution in [3.63, 3.8) is 0 Å². The van der Waals surface area contributed by atoms with E-state index in [0.29, 0.717) is 17.2 Å². The third-order valence-electron chi connectivity index (χ3n) is 5.75. The van der Waals surface area contributed by atoms with Gasteiger partial charge in [-0.2, -0.15) is 5.10 Å². The van der Waals surface area contributed by atoms with E-state index in [1.165, 1.54) is 11.8 Å². The fraction of sp³-hybridized carbons (Fsp3) is 0.241. The number of aryl methyl sites for hydroxylation is 2. The summed E-state index contributed by atoms with van der Waals surface area (Å²) >= 11 is 3.39. The second-order valence-electron chi connectivity index (χ2n) is 9.06. The normalized spacial score (nSPS) is 10.9. The number of carbonyl (C=O) groups is 3. The van der Waals surface area contributed by atoms with Crippen LogP contribution >= 0.6 is 15.9 Å². The van der Waals surface area contributed by atoms with Crippen molar-refractivity contribution in [3.05, 3.63) is 93.0 Å². The molecule has 3 N–H and O–H groups in total. The van der Waals surface area contributed by atoms with E-state index in [4.69, 9.17) is 4.74 Å². The quantitative estimate of drug-likeness (QED) is 0.189. The highest BCUT2D eigenvalue weighted by Gasteiger charge is 2.13. The van der Waals surface area contributed by atoms with Gasteiger partial charge in [0.1, 0.15) is 5.75 Å². The van der Waals surface area contributed by atoms with Gasteiger partial charge in [-0.15, -0.1) is 0 Å². The number of para-hydroxylation sites is 1. The number of ether oxygens (including phenoxy) is 1. The van der Waals surface area contributed by atoms with Crippen molar-refractivity contribution in [2.75, 3.05) is 11.9 Å². The third-order valence-corrected chi connectivity index (χ3v) is 6.24. The predicted octanol–water partition coefficient (Wildman–Crippen LogP) is 4.97. The predicted molar refractivity (Wildman–Crippen MR) is 152 cm³/mol. The van der Waals surface area contributed by atoms with Crippen LogP contribution in [-0.2, 0) is 20.9 Å². The molecule has 0 aliphatic rings. The number of hydrogen-bond donors (Lipinski definition) is 3. The third kappa shape index (κ3) is 8.27. The number of amides is 3. The molecule has 0 heterocycles. The van der Waals surface area contributed by atoms with E-state index in [1.54, 1.807) is 18.2 Å². The summed E-state index contributed by atoms with van der Waals surface area (Å²) in [5, 5.41) is 9.33. The molecule has 198 valence electrons. The minimum absolute atomic E-state index is 0.219. The monoisotopic (exact) mass is 578 g/mol. The smallest absolute Gasteiger partial charge is 0.329 e. The molecule has 8 nitrogen and oxygen atoms in total. The van der Waals surface area contributed by atoms with Gasteiger partial charge in [-0.25, -0.2) is 5.43 Å². The Hall–Kier alpha value is -3.98. The molecule has 0 atom stereocenters. The topological polar surface area (TPSA) is 109 Å². The molecule has 38 heavy (non-hydrogen) atoms. The van der Waals surface area contributed by atoms with Gasteiger partial charge in [-0.3, -0.25) is 14.4 Å². The lowest BCUT2D eigenvalue weighted by molar-refractivity contribution is -0.139. The molecular formula is C29H31BrN4O4.